The van der Waals surface area contributed by atoms with Gasteiger partial charge in [0, 0.05) is 11.6 Å². The van der Waals surface area contributed by atoms with Gasteiger partial charge in [-0.2, -0.15) is 4.98 Å². The minimum absolute atomic E-state index is 0.0129. The lowest BCUT2D eigenvalue weighted by Crippen LogP contribution is -2.26. The molecule has 0 aromatic carbocycles. The van der Waals surface area contributed by atoms with Crippen molar-refractivity contribution >= 4 is 5.82 Å². The third-order valence-corrected chi connectivity index (χ3v) is 2.09. The molecular weight excluding hydrogens is 240 g/mol. The van der Waals surface area contributed by atoms with Crippen molar-refractivity contribution in [3.8, 4) is 5.88 Å². The Balaban J connectivity index is 2.44. The van der Waals surface area contributed by atoms with Crippen molar-refractivity contribution in [1.82, 2.24) is 4.98 Å². The summed E-state index contributed by atoms with van der Waals surface area (Å²) in [6.07, 6.45) is 0. The van der Waals surface area contributed by atoms with E-state index in [4.69, 9.17) is 9.47 Å². The number of hydrogen-bond donors (Lipinski definition) is 1. The molecule has 0 atom stereocenters. The molecule has 0 aliphatic rings. The number of nitrogens with one attached hydrogen (secondary N) is 1. The summed E-state index contributed by atoms with van der Waals surface area (Å²) in [6, 6.07) is 5.72. The maximum atomic E-state index is 5.59. The average Bonchev–Trinajstić information content (AvgIpc) is 2.21. The fourth-order valence-electron chi connectivity index (χ4n) is 1.44. The predicted octanol–water partition coefficient (Wildman–Crippen LogP) is 3.49. The van der Waals surface area contributed by atoms with E-state index in [2.05, 4.69) is 31.1 Å². The van der Waals surface area contributed by atoms with E-state index in [9.17, 15) is 0 Å². The summed E-state index contributed by atoms with van der Waals surface area (Å²) in [7, 11) is 0. The van der Waals surface area contributed by atoms with Gasteiger partial charge in [0.2, 0.25) is 5.88 Å². The van der Waals surface area contributed by atoms with Gasteiger partial charge in [0.05, 0.1) is 12.2 Å². The van der Waals surface area contributed by atoms with Gasteiger partial charge in [-0.15, -0.1) is 0 Å². The van der Waals surface area contributed by atoms with Gasteiger partial charge >= 0.3 is 0 Å². The van der Waals surface area contributed by atoms with Crippen LogP contribution < -0.4 is 10.1 Å². The third kappa shape index (κ3) is 7.67. The zero-order valence-corrected chi connectivity index (χ0v) is 12.9. The quantitative estimate of drug-likeness (QED) is 0.829. The second-order valence-electron chi connectivity index (χ2n) is 6.55. The van der Waals surface area contributed by atoms with E-state index in [0.29, 0.717) is 19.1 Å². The van der Waals surface area contributed by atoms with Crippen molar-refractivity contribution in [3.05, 3.63) is 18.2 Å². The van der Waals surface area contributed by atoms with E-state index in [1.54, 1.807) is 0 Å². The van der Waals surface area contributed by atoms with Crippen molar-refractivity contribution in [3.63, 3.8) is 0 Å². The molecule has 0 spiro atoms. The first-order chi connectivity index (χ1) is 8.66. The van der Waals surface area contributed by atoms with Crippen molar-refractivity contribution in [2.24, 2.45) is 0 Å². The Bertz CT molecular complexity index is 392. The summed E-state index contributed by atoms with van der Waals surface area (Å²) >= 11 is 0. The summed E-state index contributed by atoms with van der Waals surface area (Å²) in [6.45, 7) is 13.4. The van der Waals surface area contributed by atoms with Crippen LogP contribution >= 0.6 is 0 Å². The standard InChI is InChI=1S/C15H26N2O2/c1-14(2,3)17-12-8-7-9-13(16-12)18-10-11-19-15(4,5)6/h7-9H,10-11H2,1-6H3,(H,16,17). The highest BCUT2D eigenvalue weighted by molar-refractivity contribution is 5.39. The van der Waals surface area contributed by atoms with Crippen LogP contribution in [0.25, 0.3) is 0 Å². The first kappa shape index (κ1) is 15.8. The Morgan fingerprint density at radius 3 is 2.32 bits per heavy atom. The van der Waals surface area contributed by atoms with Crippen LogP contribution in [0.2, 0.25) is 0 Å². The van der Waals surface area contributed by atoms with Crippen LogP contribution in [0.15, 0.2) is 18.2 Å². The molecule has 4 nitrogen and oxygen atoms in total. The molecule has 0 saturated carbocycles. The van der Waals surface area contributed by atoms with Crippen LogP contribution in [0.5, 0.6) is 5.88 Å². The number of nitrogens with zero attached hydrogens (tertiary/aromatic N) is 1. The number of aromatic nitrogens is 1. The largest absolute Gasteiger partial charge is 0.475 e. The summed E-state index contributed by atoms with van der Waals surface area (Å²) < 4.78 is 11.2. The lowest BCUT2D eigenvalue weighted by Gasteiger charge is -2.22. The van der Waals surface area contributed by atoms with E-state index in [1.807, 2.05) is 39.0 Å². The van der Waals surface area contributed by atoms with Crippen LogP contribution in [0.1, 0.15) is 41.5 Å². The highest BCUT2D eigenvalue weighted by Gasteiger charge is 2.11. The molecular formula is C15H26N2O2. The van der Waals surface area contributed by atoms with E-state index in [1.165, 1.54) is 0 Å². The van der Waals surface area contributed by atoms with Gasteiger partial charge in [-0.1, -0.05) is 6.07 Å². The average molecular weight is 266 g/mol. The second-order valence-corrected chi connectivity index (χ2v) is 6.55. The van der Waals surface area contributed by atoms with E-state index < -0.39 is 0 Å². The Kier molecular flexibility index (Phi) is 5.18. The van der Waals surface area contributed by atoms with Crippen molar-refractivity contribution in [2.45, 2.75) is 52.7 Å². The molecule has 4 heteroatoms. The van der Waals surface area contributed by atoms with Crippen molar-refractivity contribution in [2.75, 3.05) is 18.5 Å². The van der Waals surface area contributed by atoms with E-state index >= 15 is 0 Å². The van der Waals surface area contributed by atoms with E-state index in [-0.39, 0.29) is 11.1 Å². The predicted molar refractivity (Wildman–Crippen MR) is 78.8 cm³/mol. The van der Waals surface area contributed by atoms with Crippen molar-refractivity contribution in [1.29, 1.82) is 0 Å². The molecule has 0 amide bonds. The first-order valence-corrected chi connectivity index (χ1v) is 6.68. The fourth-order valence-corrected chi connectivity index (χ4v) is 1.44. The molecule has 0 saturated heterocycles. The molecule has 0 unspecified atom stereocenters. The molecule has 0 bridgehead atoms. The number of rotatable bonds is 5. The van der Waals surface area contributed by atoms with Crippen LogP contribution in [0.4, 0.5) is 5.82 Å². The lowest BCUT2D eigenvalue weighted by molar-refractivity contribution is -0.0167. The SMILES string of the molecule is CC(C)(C)Nc1cccc(OCCOC(C)(C)C)n1. The molecule has 1 aromatic rings. The molecule has 0 aliphatic heterocycles. The van der Waals surface area contributed by atoms with Crippen LogP contribution in [-0.2, 0) is 4.74 Å². The van der Waals surface area contributed by atoms with Crippen LogP contribution in [0.3, 0.4) is 0 Å². The molecule has 1 N–H and O–H groups in total. The Morgan fingerprint density at radius 1 is 1.05 bits per heavy atom. The number of pyridine rings is 1. The zero-order valence-electron chi connectivity index (χ0n) is 12.9. The normalized spacial score (nSPS) is 12.3. The van der Waals surface area contributed by atoms with Crippen LogP contribution in [0, 0.1) is 0 Å². The topological polar surface area (TPSA) is 43.4 Å². The molecule has 0 fully saturated rings. The first-order valence-electron chi connectivity index (χ1n) is 6.68. The van der Waals surface area contributed by atoms with Gasteiger partial charge in [0.1, 0.15) is 12.4 Å². The number of hydrogen-bond acceptors (Lipinski definition) is 4. The zero-order chi connectivity index (χ0) is 14.5. The minimum Gasteiger partial charge on any atom is -0.475 e. The fraction of sp³-hybridized carbons (Fsp3) is 0.667. The summed E-state index contributed by atoms with van der Waals surface area (Å²) in [5.41, 5.74) is -0.145. The molecule has 19 heavy (non-hydrogen) atoms. The Morgan fingerprint density at radius 2 is 1.74 bits per heavy atom. The second kappa shape index (κ2) is 6.24. The Hall–Kier alpha value is -1.29. The smallest absolute Gasteiger partial charge is 0.215 e. The minimum atomic E-state index is -0.133. The number of ether oxygens (including phenoxy) is 2. The van der Waals surface area contributed by atoms with Crippen molar-refractivity contribution < 1.29 is 9.47 Å². The van der Waals surface area contributed by atoms with Gasteiger partial charge in [-0.25, -0.2) is 0 Å². The molecule has 1 aromatic heterocycles. The van der Waals surface area contributed by atoms with Gasteiger partial charge in [0.25, 0.3) is 0 Å². The molecule has 0 aliphatic carbocycles. The van der Waals surface area contributed by atoms with Gasteiger partial charge in [-0.05, 0) is 47.6 Å². The molecule has 1 heterocycles. The van der Waals surface area contributed by atoms with Gasteiger partial charge in [-0.3, -0.25) is 0 Å². The van der Waals surface area contributed by atoms with Crippen LogP contribution in [-0.4, -0.2) is 29.3 Å². The van der Waals surface area contributed by atoms with E-state index in [0.717, 1.165) is 5.82 Å². The van der Waals surface area contributed by atoms with Gasteiger partial charge in [0.15, 0.2) is 0 Å². The number of anilines is 1. The Labute approximate surface area is 116 Å². The monoisotopic (exact) mass is 266 g/mol. The maximum Gasteiger partial charge on any atom is 0.215 e. The molecule has 1 rings (SSSR count). The maximum absolute atomic E-state index is 5.59. The summed E-state index contributed by atoms with van der Waals surface area (Å²) in [5.74, 6) is 1.44. The highest BCUT2D eigenvalue weighted by Crippen LogP contribution is 2.16. The molecule has 0 radical (unpaired) electrons. The van der Waals surface area contributed by atoms with Gasteiger partial charge < -0.3 is 14.8 Å². The highest BCUT2D eigenvalue weighted by atomic mass is 16.5. The lowest BCUT2D eigenvalue weighted by atomic mass is 10.1. The molecule has 108 valence electrons. The summed E-state index contributed by atoms with van der Waals surface area (Å²) in [4.78, 5) is 4.40. The third-order valence-electron chi connectivity index (χ3n) is 2.09. The summed E-state index contributed by atoms with van der Waals surface area (Å²) in [5, 5.41) is 3.31.